The molecule has 5 heteroatoms. The van der Waals surface area contributed by atoms with Crippen LogP contribution in [0, 0.1) is 0 Å². The predicted octanol–water partition coefficient (Wildman–Crippen LogP) is 3.50. The highest BCUT2D eigenvalue weighted by Gasteiger charge is 2.02. The summed E-state index contributed by atoms with van der Waals surface area (Å²) < 4.78 is 10.2. The molecule has 0 heterocycles. The van der Waals surface area contributed by atoms with Crippen LogP contribution < -0.4 is 4.52 Å². The molecule has 3 nitrogen and oxygen atoms in total. The predicted molar refractivity (Wildman–Crippen MR) is 74.4 cm³/mol. The van der Waals surface area contributed by atoms with Gasteiger partial charge in [-0.25, -0.2) is 0 Å². The van der Waals surface area contributed by atoms with Gasteiger partial charge < -0.3 is 9.26 Å². The van der Waals surface area contributed by atoms with Gasteiger partial charge in [0.2, 0.25) is 0 Å². The molecule has 0 spiro atoms. The summed E-state index contributed by atoms with van der Waals surface area (Å²) in [6.07, 6.45) is 1.15. The zero-order valence-electron chi connectivity index (χ0n) is 9.03. The van der Waals surface area contributed by atoms with Crippen LogP contribution in [0.3, 0.4) is 0 Å². The van der Waals surface area contributed by atoms with Crippen LogP contribution in [0.1, 0.15) is 18.9 Å². The number of carbonyl (C=O) groups excluding carboxylic acids is 1. The third-order valence-corrected chi connectivity index (χ3v) is 2.98. The van der Waals surface area contributed by atoms with Crippen LogP contribution in [0.2, 0.25) is 0 Å². The number of ether oxygens (including phenoxy) is 1. The fourth-order valence-corrected chi connectivity index (χ4v) is 2.24. The van der Waals surface area contributed by atoms with Crippen molar-refractivity contribution in [3.05, 3.63) is 29.8 Å². The highest BCUT2D eigenvalue weighted by molar-refractivity contribution is 14.2. The summed E-state index contributed by atoms with van der Waals surface area (Å²) in [5, 5.41) is 0. The number of hydrogen-bond acceptors (Lipinski definition) is 3. The van der Waals surface area contributed by atoms with Crippen LogP contribution in [0.5, 0.6) is 5.75 Å². The second-order valence-electron chi connectivity index (χ2n) is 3.13. The maximum atomic E-state index is 11.1. The van der Waals surface area contributed by atoms with E-state index in [1.165, 1.54) is 0 Å². The van der Waals surface area contributed by atoms with Crippen LogP contribution >= 0.6 is 28.5 Å². The smallest absolute Gasteiger partial charge is 0.306 e. The molecule has 0 fully saturated rings. The van der Waals surface area contributed by atoms with Gasteiger partial charge in [0.15, 0.2) is 0 Å². The summed E-state index contributed by atoms with van der Waals surface area (Å²) in [5.74, 6) is 0.726. The van der Waals surface area contributed by atoms with Gasteiger partial charge in [0.1, 0.15) is 12.2 Å². The van der Waals surface area contributed by atoms with E-state index >= 15 is 0 Å². The van der Waals surface area contributed by atoms with E-state index in [0.717, 1.165) is 11.3 Å². The molecule has 0 aliphatic rings. The maximum Gasteiger partial charge on any atom is 0.306 e. The zero-order valence-corrected chi connectivity index (χ0v) is 12.2. The maximum absolute atomic E-state index is 11.1. The highest BCUT2D eigenvalue weighted by atomic mass is 127. The van der Waals surface area contributed by atoms with E-state index in [4.69, 9.17) is 9.26 Å². The fourth-order valence-electron chi connectivity index (χ4n) is 1.25. The molecule has 0 saturated heterocycles. The average Bonchev–Trinajstić information content (AvgIpc) is 2.29. The van der Waals surface area contributed by atoms with Gasteiger partial charge in [0.25, 0.3) is 0 Å². The summed E-state index contributed by atoms with van der Waals surface area (Å²) in [6.45, 7) is 2.69. The molecule has 0 aliphatic carbocycles. The normalized spacial score (nSPS) is 10.6. The first kappa shape index (κ1) is 13.7. The van der Waals surface area contributed by atoms with E-state index in [9.17, 15) is 4.79 Å². The second kappa shape index (κ2) is 7.85. The topological polar surface area (TPSA) is 35.5 Å². The molecule has 0 aliphatic heterocycles. The molecule has 88 valence electrons. The molecule has 1 rings (SSSR count). The highest BCUT2D eigenvalue weighted by Crippen LogP contribution is 2.26. The minimum absolute atomic E-state index is 0.142. The quantitative estimate of drug-likeness (QED) is 0.447. The third-order valence-electron chi connectivity index (χ3n) is 2.00. The number of halogens is 1. The van der Waals surface area contributed by atoms with Gasteiger partial charge in [-0.05, 0) is 53.1 Å². The van der Waals surface area contributed by atoms with E-state index in [2.05, 4.69) is 22.0 Å². The Labute approximate surface area is 110 Å². The van der Waals surface area contributed by atoms with Crippen LogP contribution in [0.25, 0.3) is 0 Å². The molecular formula is C11H14IO3P. The van der Waals surface area contributed by atoms with Crippen molar-refractivity contribution in [1.82, 2.24) is 0 Å². The summed E-state index contributed by atoms with van der Waals surface area (Å²) in [6, 6.07) is 7.80. The third kappa shape index (κ3) is 5.12. The Hall–Kier alpha value is -0.350. The molecule has 0 radical (unpaired) electrons. The number of aryl methyl sites for hydroxylation is 1. The Balaban J connectivity index is 2.40. The van der Waals surface area contributed by atoms with Crippen LogP contribution in [-0.2, 0) is 16.0 Å². The number of benzene rings is 1. The van der Waals surface area contributed by atoms with Crippen molar-refractivity contribution in [3.8, 4) is 5.75 Å². The van der Waals surface area contributed by atoms with Crippen LogP contribution in [0.4, 0.5) is 0 Å². The minimum Gasteiger partial charge on any atom is -0.467 e. The Morgan fingerprint density at radius 3 is 2.62 bits per heavy atom. The Morgan fingerprint density at radius 1 is 1.38 bits per heavy atom. The first-order valence-electron chi connectivity index (χ1n) is 5.03. The molecule has 0 aromatic heterocycles. The largest absolute Gasteiger partial charge is 0.467 e. The molecule has 16 heavy (non-hydrogen) atoms. The average molecular weight is 352 g/mol. The SMILES string of the molecule is CCOC(=O)CCc1ccc(OPI)cc1. The van der Waals surface area contributed by atoms with E-state index < -0.39 is 0 Å². The number of esters is 1. The minimum atomic E-state index is -0.142. The molecular weight excluding hydrogens is 338 g/mol. The number of hydrogen-bond donors (Lipinski definition) is 0. The summed E-state index contributed by atoms with van der Waals surface area (Å²) in [4.78, 5) is 11.1. The molecule has 0 bridgehead atoms. The van der Waals surface area contributed by atoms with E-state index in [1.54, 1.807) is 0 Å². The van der Waals surface area contributed by atoms with Gasteiger partial charge in [-0.1, -0.05) is 12.1 Å². The summed E-state index contributed by atoms with van der Waals surface area (Å²) >= 11 is 2.18. The fraction of sp³-hybridized carbons (Fsp3) is 0.364. The molecule has 0 saturated carbocycles. The Morgan fingerprint density at radius 2 is 2.06 bits per heavy atom. The van der Waals surface area contributed by atoms with E-state index in [0.29, 0.717) is 25.9 Å². The van der Waals surface area contributed by atoms with Crippen molar-refractivity contribution >= 4 is 34.5 Å². The van der Waals surface area contributed by atoms with Gasteiger partial charge in [0.05, 0.1) is 6.61 Å². The van der Waals surface area contributed by atoms with E-state index in [1.807, 2.05) is 31.2 Å². The summed E-state index contributed by atoms with van der Waals surface area (Å²) in [5.41, 5.74) is 1.12. The first-order valence-corrected chi connectivity index (χ1v) is 9.05. The van der Waals surface area contributed by atoms with Crippen molar-refractivity contribution in [1.29, 1.82) is 0 Å². The zero-order chi connectivity index (χ0) is 11.8. The van der Waals surface area contributed by atoms with Crippen LogP contribution in [-0.4, -0.2) is 12.6 Å². The molecule has 0 N–H and O–H groups in total. The van der Waals surface area contributed by atoms with Crippen molar-refractivity contribution in [3.63, 3.8) is 0 Å². The molecule has 0 amide bonds. The molecule has 1 atom stereocenters. The molecule has 1 unspecified atom stereocenters. The van der Waals surface area contributed by atoms with Crippen molar-refractivity contribution in [2.45, 2.75) is 19.8 Å². The molecule has 1 aromatic carbocycles. The van der Waals surface area contributed by atoms with Gasteiger partial charge in [-0.3, -0.25) is 4.79 Å². The summed E-state index contributed by atoms with van der Waals surface area (Å²) in [7, 11) is 0. The standard InChI is InChI=1S/C11H14IO3P/c1-2-14-11(13)8-5-9-3-6-10(7-4-9)15-16-12/h3-4,6-7,16H,2,5,8H2,1H3. The van der Waals surface area contributed by atoms with Crippen LogP contribution in [0.15, 0.2) is 24.3 Å². The van der Waals surface area contributed by atoms with E-state index in [-0.39, 0.29) is 5.97 Å². The lowest BCUT2D eigenvalue weighted by Crippen LogP contribution is -2.04. The van der Waals surface area contributed by atoms with Gasteiger partial charge >= 0.3 is 5.97 Å². The Kier molecular flexibility index (Phi) is 6.73. The van der Waals surface area contributed by atoms with Crippen molar-refractivity contribution < 1.29 is 14.1 Å². The van der Waals surface area contributed by atoms with Gasteiger partial charge in [0, 0.05) is 6.42 Å². The van der Waals surface area contributed by atoms with Crippen molar-refractivity contribution in [2.75, 3.05) is 6.61 Å². The van der Waals surface area contributed by atoms with Gasteiger partial charge in [-0.15, -0.1) is 0 Å². The van der Waals surface area contributed by atoms with Gasteiger partial charge in [-0.2, -0.15) is 0 Å². The lowest BCUT2D eigenvalue weighted by molar-refractivity contribution is -0.143. The second-order valence-corrected chi connectivity index (χ2v) is 4.81. The Bertz CT molecular complexity index is 327. The van der Waals surface area contributed by atoms with Crippen molar-refractivity contribution in [2.24, 2.45) is 0 Å². The lowest BCUT2D eigenvalue weighted by atomic mass is 10.1. The lowest BCUT2D eigenvalue weighted by Gasteiger charge is -2.04. The number of rotatable bonds is 6. The molecule has 1 aromatic rings. The number of carbonyl (C=O) groups is 1. The first-order chi connectivity index (χ1) is 7.76. The monoisotopic (exact) mass is 352 g/mol.